The number of aliphatic imine (C=N–C) groups is 1. The van der Waals surface area contributed by atoms with Crippen molar-refractivity contribution in [3.05, 3.63) is 60.7 Å². The van der Waals surface area contributed by atoms with Gasteiger partial charge in [-0.1, -0.05) is 48.2 Å². The number of hydrogen-bond donors (Lipinski definition) is 2. The van der Waals surface area contributed by atoms with Crippen molar-refractivity contribution in [2.75, 3.05) is 22.9 Å². The minimum atomic E-state index is 0.496. The monoisotopic (exact) mass is 380 g/mol. The van der Waals surface area contributed by atoms with E-state index in [1.165, 1.54) is 11.8 Å². The van der Waals surface area contributed by atoms with E-state index in [2.05, 4.69) is 30.6 Å². The van der Waals surface area contributed by atoms with E-state index in [1.807, 2.05) is 60.7 Å². The van der Waals surface area contributed by atoms with E-state index < -0.39 is 0 Å². The molecule has 4 rings (SSSR count). The molecule has 130 valence electrons. The molecule has 0 radical (unpaired) electrons. The summed E-state index contributed by atoms with van der Waals surface area (Å²) in [5, 5.41) is 7.08. The molecule has 26 heavy (non-hydrogen) atoms. The van der Waals surface area contributed by atoms with Crippen LogP contribution in [0.4, 0.5) is 23.3 Å². The van der Waals surface area contributed by atoms with Crippen molar-refractivity contribution >= 4 is 51.2 Å². The number of para-hydroxylation sites is 2. The van der Waals surface area contributed by atoms with E-state index in [0.717, 1.165) is 28.0 Å². The van der Waals surface area contributed by atoms with Crippen LogP contribution in [0.25, 0.3) is 0 Å². The first-order valence-corrected chi connectivity index (χ1v) is 9.91. The maximum Gasteiger partial charge on any atom is 0.233 e. The molecule has 6 nitrogen and oxygen atoms in total. The molecule has 0 aliphatic carbocycles. The Morgan fingerprint density at radius 2 is 1.35 bits per heavy atom. The second-order valence-electron chi connectivity index (χ2n) is 5.35. The fraction of sp³-hybridized carbons (Fsp3) is 0.111. The van der Waals surface area contributed by atoms with E-state index in [-0.39, 0.29) is 0 Å². The van der Waals surface area contributed by atoms with Crippen molar-refractivity contribution in [1.29, 1.82) is 0 Å². The molecule has 1 aliphatic heterocycles. The molecule has 2 heterocycles. The van der Waals surface area contributed by atoms with Gasteiger partial charge in [-0.3, -0.25) is 4.99 Å². The number of rotatable bonds is 5. The zero-order chi connectivity index (χ0) is 17.6. The number of thioether (sulfide) groups is 2. The van der Waals surface area contributed by atoms with Crippen molar-refractivity contribution < 1.29 is 0 Å². The summed E-state index contributed by atoms with van der Waals surface area (Å²) in [4.78, 5) is 18.0. The van der Waals surface area contributed by atoms with E-state index in [9.17, 15) is 0 Å². The Hall–Kier alpha value is -2.58. The van der Waals surface area contributed by atoms with E-state index in [0.29, 0.717) is 17.1 Å². The van der Waals surface area contributed by atoms with Gasteiger partial charge in [0.1, 0.15) is 4.38 Å². The van der Waals surface area contributed by atoms with Crippen LogP contribution >= 0.6 is 23.5 Å². The molecular weight excluding hydrogens is 364 g/mol. The number of nitrogens with zero attached hydrogens (tertiary/aromatic N) is 4. The van der Waals surface area contributed by atoms with Crippen LogP contribution in [-0.4, -0.2) is 31.6 Å². The summed E-state index contributed by atoms with van der Waals surface area (Å²) < 4.78 is 0.993. The molecule has 2 N–H and O–H groups in total. The van der Waals surface area contributed by atoms with Crippen molar-refractivity contribution in [2.45, 2.75) is 5.16 Å². The van der Waals surface area contributed by atoms with Gasteiger partial charge in [-0.15, -0.1) is 0 Å². The summed E-state index contributed by atoms with van der Waals surface area (Å²) in [5.41, 5.74) is 1.85. The topological polar surface area (TPSA) is 75.1 Å². The van der Waals surface area contributed by atoms with Gasteiger partial charge in [0.25, 0.3) is 0 Å². The average molecular weight is 381 g/mol. The number of anilines is 4. The smallest absolute Gasteiger partial charge is 0.233 e. The predicted molar refractivity (Wildman–Crippen MR) is 110 cm³/mol. The molecule has 8 heteroatoms. The van der Waals surface area contributed by atoms with Crippen molar-refractivity contribution in [3.8, 4) is 0 Å². The first-order chi connectivity index (χ1) is 12.8. The number of aromatic nitrogens is 3. The third kappa shape index (κ3) is 4.53. The Bertz CT molecular complexity index is 842. The SMILES string of the molecule is c1ccc(Nc2nc(Nc3ccccc3)nc(SC3=NCCS3)n2)cc1. The largest absolute Gasteiger partial charge is 0.324 e. The van der Waals surface area contributed by atoms with Gasteiger partial charge in [-0.25, -0.2) is 0 Å². The fourth-order valence-corrected chi connectivity index (χ4v) is 4.10. The molecule has 0 unspecified atom stereocenters. The highest BCUT2D eigenvalue weighted by Crippen LogP contribution is 2.28. The van der Waals surface area contributed by atoms with Gasteiger partial charge in [0.05, 0.1) is 6.54 Å². The summed E-state index contributed by atoms with van der Waals surface area (Å²) in [6, 6.07) is 19.7. The highest BCUT2D eigenvalue weighted by Gasteiger charge is 2.14. The lowest BCUT2D eigenvalue weighted by molar-refractivity contribution is 0.924. The Labute approximate surface area is 160 Å². The second-order valence-corrected chi connectivity index (χ2v) is 7.64. The van der Waals surface area contributed by atoms with Crippen LogP contribution in [0, 0.1) is 0 Å². The second kappa shape index (κ2) is 8.20. The van der Waals surface area contributed by atoms with Gasteiger partial charge in [0.15, 0.2) is 0 Å². The molecular formula is C18H16N6S2. The van der Waals surface area contributed by atoms with Gasteiger partial charge in [-0.2, -0.15) is 15.0 Å². The van der Waals surface area contributed by atoms with Gasteiger partial charge in [-0.05, 0) is 36.0 Å². The Morgan fingerprint density at radius 3 is 1.85 bits per heavy atom. The van der Waals surface area contributed by atoms with Crippen LogP contribution in [-0.2, 0) is 0 Å². The maximum atomic E-state index is 4.53. The van der Waals surface area contributed by atoms with Gasteiger partial charge < -0.3 is 10.6 Å². The molecule has 0 amide bonds. The molecule has 3 aromatic rings. The summed E-state index contributed by atoms with van der Waals surface area (Å²) in [7, 11) is 0. The summed E-state index contributed by atoms with van der Waals surface area (Å²) >= 11 is 3.20. The first-order valence-electron chi connectivity index (χ1n) is 8.10. The number of benzene rings is 2. The lowest BCUT2D eigenvalue weighted by Gasteiger charge is -2.10. The molecule has 1 aromatic heterocycles. The van der Waals surface area contributed by atoms with E-state index in [4.69, 9.17) is 0 Å². The van der Waals surface area contributed by atoms with Crippen LogP contribution in [0.15, 0.2) is 70.8 Å². The predicted octanol–water partition coefficient (Wildman–Crippen LogP) is 4.55. The van der Waals surface area contributed by atoms with Crippen molar-refractivity contribution in [3.63, 3.8) is 0 Å². The molecule has 0 atom stereocenters. The molecule has 0 fully saturated rings. The molecule has 1 aliphatic rings. The summed E-state index contributed by atoms with van der Waals surface area (Å²) in [5.74, 6) is 2.00. The van der Waals surface area contributed by atoms with Crippen LogP contribution in [0.5, 0.6) is 0 Å². The zero-order valence-corrected chi connectivity index (χ0v) is 15.4. The first kappa shape index (κ1) is 16.9. The molecule has 0 spiro atoms. The minimum absolute atomic E-state index is 0.496. The van der Waals surface area contributed by atoms with Gasteiger partial charge in [0.2, 0.25) is 17.1 Å². The van der Waals surface area contributed by atoms with Crippen LogP contribution in [0.3, 0.4) is 0 Å². The van der Waals surface area contributed by atoms with Crippen molar-refractivity contribution in [1.82, 2.24) is 15.0 Å². The molecule has 2 aromatic carbocycles. The standard InChI is InChI=1S/C18H16N6S2/c1-3-7-13(8-4-1)20-15-22-16(21-14-9-5-2-6-10-14)24-17(23-15)26-18-19-11-12-25-18/h1-10H,11-12H2,(H2,20,21,22,23,24). The normalized spacial score (nSPS) is 13.3. The highest BCUT2D eigenvalue weighted by molar-refractivity contribution is 8.39. The van der Waals surface area contributed by atoms with Gasteiger partial charge in [0, 0.05) is 17.1 Å². The van der Waals surface area contributed by atoms with Crippen LogP contribution in [0.2, 0.25) is 0 Å². The highest BCUT2D eigenvalue weighted by atomic mass is 32.2. The lowest BCUT2D eigenvalue weighted by Crippen LogP contribution is -2.05. The quantitative estimate of drug-likeness (QED) is 0.672. The number of nitrogens with one attached hydrogen (secondary N) is 2. The summed E-state index contributed by atoms with van der Waals surface area (Å²) in [6.45, 7) is 0.850. The minimum Gasteiger partial charge on any atom is -0.324 e. The number of hydrogen-bond acceptors (Lipinski definition) is 8. The third-order valence-electron chi connectivity index (χ3n) is 3.41. The van der Waals surface area contributed by atoms with Crippen LogP contribution < -0.4 is 10.6 Å². The Kier molecular flexibility index (Phi) is 5.32. The fourth-order valence-electron chi connectivity index (χ4n) is 2.27. The average Bonchev–Trinajstić information content (AvgIpc) is 3.16. The lowest BCUT2D eigenvalue weighted by atomic mass is 10.3. The molecule has 0 saturated heterocycles. The van der Waals surface area contributed by atoms with Crippen LogP contribution in [0.1, 0.15) is 0 Å². The van der Waals surface area contributed by atoms with E-state index in [1.54, 1.807) is 11.8 Å². The maximum absolute atomic E-state index is 4.53. The third-order valence-corrected chi connectivity index (χ3v) is 5.45. The zero-order valence-electron chi connectivity index (χ0n) is 13.8. The molecule has 0 saturated carbocycles. The summed E-state index contributed by atoms with van der Waals surface area (Å²) in [6.07, 6.45) is 0. The van der Waals surface area contributed by atoms with E-state index >= 15 is 0 Å². The Morgan fingerprint density at radius 1 is 0.769 bits per heavy atom. The Balaban J connectivity index is 1.62. The van der Waals surface area contributed by atoms with Gasteiger partial charge >= 0.3 is 0 Å². The van der Waals surface area contributed by atoms with Crippen molar-refractivity contribution in [2.24, 2.45) is 4.99 Å². The molecule has 0 bridgehead atoms.